The molecule has 0 spiro atoms. The minimum atomic E-state index is 0. The molecule has 0 bridgehead atoms. The molecule has 0 saturated heterocycles. The van der Waals surface area contributed by atoms with Crippen LogP contribution in [0.5, 0.6) is 0 Å². The first-order valence-corrected chi connectivity index (χ1v) is 5.38. The first-order valence-electron chi connectivity index (χ1n) is 3.77. The van der Waals surface area contributed by atoms with Gasteiger partial charge in [-0.05, 0) is 40.9 Å². The molecule has 1 heterocycles. The highest BCUT2D eigenvalue weighted by Gasteiger charge is 2.08. The lowest BCUT2D eigenvalue weighted by Gasteiger charge is -2.03. The number of aryl methyl sites for hydroxylation is 1. The Morgan fingerprint density at radius 3 is 2.77 bits per heavy atom. The Kier molecular flexibility index (Phi) is 5.88. The molecule has 13 heavy (non-hydrogen) atoms. The number of nitrogens with two attached hydrogens (primary N) is 1. The Morgan fingerprint density at radius 2 is 2.38 bits per heavy atom. The van der Waals surface area contributed by atoms with Gasteiger partial charge in [-0.3, -0.25) is 0 Å². The maximum atomic E-state index is 5.91. The van der Waals surface area contributed by atoms with Gasteiger partial charge in [0.1, 0.15) is 0 Å². The van der Waals surface area contributed by atoms with Crippen LogP contribution in [0.15, 0.2) is 22.5 Å². The van der Waals surface area contributed by atoms with Gasteiger partial charge >= 0.3 is 0 Å². The molecular formula is C9H13BrClNS. The van der Waals surface area contributed by atoms with Crippen molar-refractivity contribution in [3.63, 3.8) is 0 Å². The van der Waals surface area contributed by atoms with Gasteiger partial charge < -0.3 is 5.73 Å². The monoisotopic (exact) mass is 281 g/mol. The lowest BCUT2D eigenvalue weighted by Crippen LogP contribution is -2.06. The zero-order valence-corrected chi connectivity index (χ0v) is 10.6. The van der Waals surface area contributed by atoms with Crippen LogP contribution in [0.2, 0.25) is 0 Å². The molecule has 4 heteroatoms. The van der Waals surface area contributed by atoms with Crippen molar-refractivity contribution in [3.05, 3.63) is 32.9 Å². The quantitative estimate of drug-likeness (QED) is 0.838. The van der Waals surface area contributed by atoms with Crippen molar-refractivity contribution >= 4 is 39.7 Å². The molecular weight excluding hydrogens is 270 g/mol. The predicted molar refractivity (Wildman–Crippen MR) is 65.7 cm³/mol. The lowest BCUT2D eigenvalue weighted by atomic mass is 10.2. The third kappa shape index (κ3) is 3.43. The lowest BCUT2D eigenvalue weighted by molar-refractivity contribution is 0.757. The fourth-order valence-electron chi connectivity index (χ4n) is 0.962. The molecule has 0 unspecified atom stereocenters. The Balaban J connectivity index is 0.00000144. The molecule has 0 aromatic carbocycles. The summed E-state index contributed by atoms with van der Waals surface area (Å²) in [6.45, 7) is 5.74. The number of hydrogen-bond donors (Lipinski definition) is 1. The van der Waals surface area contributed by atoms with Gasteiger partial charge in [0.2, 0.25) is 0 Å². The van der Waals surface area contributed by atoms with Gasteiger partial charge in [-0.2, -0.15) is 0 Å². The highest BCUT2D eigenvalue weighted by molar-refractivity contribution is 9.11. The second-order valence-corrected chi connectivity index (χ2v) is 5.14. The average molecular weight is 283 g/mol. The van der Waals surface area contributed by atoms with E-state index in [0.29, 0.717) is 0 Å². The van der Waals surface area contributed by atoms with E-state index in [1.807, 2.05) is 6.08 Å². The van der Waals surface area contributed by atoms with Crippen LogP contribution in [-0.2, 0) is 0 Å². The van der Waals surface area contributed by atoms with Crippen LogP contribution in [0.4, 0.5) is 0 Å². The van der Waals surface area contributed by atoms with E-state index in [1.165, 1.54) is 14.2 Å². The van der Waals surface area contributed by atoms with Crippen molar-refractivity contribution in [3.8, 4) is 0 Å². The second-order valence-electron chi connectivity index (χ2n) is 2.74. The van der Waals surface area contributed by atoms with E-state index in [1.54, 1.807) is 11.3 Å². The Bertz CT molecular complexity index is 266. The van der Waals surface area contributed by atoms with E-state index < -0.39 is 0 Å². The molecule has 0 aliphatic heterocycles. The van der Waals surface area contributed by atoms with Gasteiger partial charge in [-0.1, -0.05) is 6.08 Å². The summed E-state index contributed by atoms with van der Waals surface area (Å²) in [7, 11) is 0. The largest absolute Gasteiger partial charge is 0.323 e. The van der Waals surface area contributed by atoms with E-state index in [9.17, 15) is 0 Å². The fraction of sp³-hybridized carbons (Fsp3) is 0.333. The van der Waals surface area contributed by atoms with Gasteiger partial charge in [0, 0.05) is 10.9 Å². The van der Waals surface area contributed by atoms with Gasteiger partial charge in [0.15, 0.2) is 0 Å². The number of thiophene rings is 1. The summed E-state index contributed by atoms with van der Waals surface area (Å²) in [5.41, 5.74) is 7.16. The SMILES string of the molecule is C=CC[C@H](N)c1cc(C)c(Br)s1.Cl. The standard InChI is InChI=1S/C9H12BrNS.ClH/c1-3-4-7(11)8-5-6(2)9(10)12-8;/h3,5,7H,1,4,11H2,2H3;1H/t7-;/m0./s1. The fourth-order valence-corrected chi connectivity index (χ4v) is 2.55. The van der Waals surface area contributed by atoms with Crippen molar-refractivity contribution in [1.29, 1.82) is 0 Å². The molecule has 2 N–H and O–H groups in total. The molecule has 0 amide bonds. The van der Waals surface area contributed by atoms with Crippen LogP contribution in [0.3, 0.4) is 0 Å². The number of rotatable bonds is 3. The first kappa shape index (κ1) is 13.2. The molecule has 0 radical (unpaired) electrons. The van der Waals surface area contributed by atoms with Crippen LogP contribution in [0.1, 0.15) is 22.9 Å². The summed E-state index contributed by atoms with van der Waals surface area (Å²) in [4.78, 5) is 1.22. The van der Waals surface area contributed by atoms with Crippen LogP contribution in [-0.4, -0.2) is 0 Å². The van der Waals surface area contributed by atoms with Crippen LogP contribution >= 0.6 is 39.7 Å². The zero-order chi connectivity index (χ0) is 9.14. The molecule has 0 saturated carbocycles. The molecule has 1 aromatic heterocycles. The predicted octanol–water partition coefficient (Wildman–Crippen LogP) is 3.82. The number of halogens is 2. The molecule has 1 aromatic rings. The summed E-state index contributed by atoms with van der Waals surface area (Å²) in [5.74, 6) is 0. The third-order valence-corrected chi connectivity index (χ3v) is 3.93. The minimum Gasteiger partial charge on any atom is -0.323 e. The van der Waals surface area contributed by atoms with Crippen molar-refractivity contribution in [1.82, 2.24) is 0 Å². The van der Waals surface area contributed by atoms with E-state index in [2.05, 4.69) is 35.5 Å². The van der Waals surface area contributed by atoms with Gasteiger partial charge in [0.05, 0.1) is 3.79 Å². The third-order valence-electron chi connectivity index (χ3n) is 1.66. The molecule has 74 valence electrons. The molecule has 0 fully saturated rings. The first-order chi connectivity index (χ1) is 5.65. The average Bonchev–Trinajstić information content (AvgIpc) is 2.33. The normalized spacial score (nSPS) is 11.9. The molecule has 0 aliphatic rings. The summed E-state index contributed by atoms with van der Waals surface area (Å²) >= 11 is 5.18. The zero-order valence-electron chi connectivity index (χ0n) is 7.42. The highest BCUT2D eigenvalue weighted by atomic mass is 79.9. The van der Waals surface area contributed by atoms with Crippen molar-refractivity contribution in [2.24, 2.45) is 5.73 Å². The van der Waals surface area contributed by atoms with Gasteiger partial charge in [-0.25, -0.2) is 0 Å². The summed E-state index contributed by atoms with van der Waals surface area (Å²) in [5, 5.41) is 0. The Morgan fingerprint density at radius 1 is 1.77 bits per heavy atom. The van der Waals surface area contributed by atoms with Gasteiger partial charge in [-0.15, -0.1) is 30.3 Å². The smallest absolute Gasteiger partial charge is 0.0731 e. The minimum absolute atomic E-state index is 0. The van der Waals surface area contributed by atoms with Gasteiger partial charge in [0.25, 0.3) is 0 Å². The molecule has 1 rings (SSSR count). The van der Waals surface area contributed by atoms with Crippen molar-refractivity contribution in [2.45, 2.75) is 19.4 Å². The highest BCUT2D eigenvalue weighted by Crippen LogP contribution is 2.31. The Hall–Kier alpha value is 0.170. The van der Waals surface area contributed by atoms with Crippen molar-refractivity contribution in [2.75, 3.05) is 0 Å². The number of hydrogen-bond acceptors (Lipinski definition) is 2. The van der Waals surface area contributed by atoms with Crippen LogP contribution < -0.4 is 5.73 Å². The summed E-state index contributed by atoms with van der Waals surface area (Å²) in [6, 6.07) is 2.24. The van der Waals surface area contributed by atoms with E-state index in [0.717, 1.165) is 6.42 Å². The van der Waals surface area contributed by atoms with E-state index >= 15 is 0 Å². The molecule has 1 atom stereocenters. The van der Waals surface area contributed by atoms with Crippen LogP contribution in [0, 0.1) is 6.92 Å². The van der Waals surface area contributed by atoms with E-state index in [4.69, 9.17) is 5.73 Å². The van der Waals surface area contributed by atoms with E-state index in [-0.39, 0.29) is 18.4 Å². The molecule has 0 aliphatic carbocycles. The second kappa shape index (κ2) is 5.81. The Labute approximate surface area is 97.6 Å². The maximum absolute atomic E-state index is 5.91. The topological polar surface area (TPSA) is 26.0 Å². The molecule has 1 nitrogen and oxygen atoms in total. The van der Waals surface area contributed by atoms with Crippen LogP contribution in [0.25, 0.3) is 0 Å². The summed E-state index contributed by atoms with van der Waals surface area (Å²) in [6.07, 6.45) is 2.69. The summed E-state index contributed by atoms with van der Waals surface area (Å²) < 4.78 is 1.18. The van der Waals surface area contributed by atoms with Crippen molar-refractivity contribution < 1.29 is 0 Å². The maximum Gasteiger partial charge on any atom is 0.0731 e.